The van der Waals surface area contributed by atoms with E-state index in [2.05, 4.69) is 17.6 Å². The summed E-state index contributed by atoms with van der Waals surface area (Å²) in [6.45, 7) is 9.66. The van der Waals surface area contributed by atoms with Gasteiger partial charge in [0.25, 0.3) is 5.91 Å². The Hall–Kier alpha value is -1.79. The quantitative estimate of drug-likeness (QED) is 0.671. The molecule has 1 saturated heterocycles. The van der Waals surface area contributed by atoms with Crippen molar-refractivity contribution in [2.24, 2.45) is 0 Å². The lowest BCUT2D eigenvalue weighted by Gasteiger charge is -2.30. The van der Waals surface area contributed by atoms with E-state index >= 15 is 0 Å². The van der Waals surface area contributed by atoms with Crippen molar-refractivity contribution in [1.29, 1.82) is 0 Å². The molecule has 2 rings (SSSR count). The Morgan fingerprint density at radius 2 is 2.00 bits per heavy atom. The molecule has 1 aromatic carbocycles. The highest BCUT2D eigenvalue weighted by Gasteiger charge is 2.32. The molecule has 2 atom stereocenters. The first-order valence-corrected chi connectivity index (χ1v) is 10.3. The van der Waals surface area contributed by atoms with Gasteiger partial charge in [-0.25, -0.2) is 4.79 Å². The van der Waals surface area contributed by atoms with E-state index in [0.717, 1.165) is 25.8 Å². The van der Waals surface area contributed by atoms with Gasteiger partial charge in [0.1, 0.15) is 5.60 Å². The second-order valence-electron chi connectivity index (χ2n) is 8.30. The Balaban J connectivity index is 1.72. The number of benzene rings is 1. The average Bonchev–Trinajstić information content (AvgIpc) is 3.05. The van der Waals surface area contributed by atoms with Crippen molar-refractivity contribution in [3.63, 3.8) is 0 Å². The van der Waals surface area contributed by atoms with E-state index in [0.29, 0.717) is 23.7 Å². The molecule has 0 bridgehead atoms. The zero-order chi connectivity index (χ0) is 20.7. The van der Waals surface area contributed by atoms with Gasteiger partial charge < -0.3 is 20.3 Å². The van der Waals surface area contributed by atoms with Crippen LogP contribution in [0.4, 0.5) is 4.79 Å². The molecule has 1 aliphatic rings. The smallest absolute Gasteiger partial charge is 0.410 e. The fraction of sp³-hybridized carbons (Fsp3) is 0.619. The number of hydrogen-bond acceptors (Lipinski definition) is 4. The number of halogens is 1. The minimum absolute atomic E-state index is 0.174. The van der Waals surface area contributed by atoms with Gasteiger partial charge in [-0.15, -0.1) is 0 Å². The van der Waals surface area contributed by atoms with Gasteiger partial charge in [0, 0.05) is 31.7 Å². The molecule has 1 aliphatic heterocycles. The number of hydrogen-bond donors (Lipinski definition) is 2. The Bertz CT molecular complexity index is 675. The molecule has 1 fully saturated rings. The van der Waals surface area contributed by atoms with E-state index in [1.807, 2.05) is 25.7 Å². The zero-order valence-corrected chi connectivity index (χ0v) is 18.0. The maximum absolute atomic E-state index is 12.4. The first-order valence-electron chi connectivity index (χ1n) is 9.93. The standard InChI is InChI=1S/C21H32ClN3O3/c1-15(14-16-8-7-13-25(16)20(27)28-21(2,3)4)23-11-12-24-19(26)17-9-5-6-10-18(17)22/h5-6,9-10,15-16,23H,7-8,11-14H2,1-4H3,(H,24,26)/t15-,16+/m1/s1. The summed E-state index contributed by atoms with van der Waals surface area (Å²) in [7, 11) is 0. The van der Waals surface area contributed by atoms with Crippen LogP contribution in [-0.2, 0) is 4.74 Å². The molecule has 0 spiro atoms. The van der Waals surface area contributed by atoms with Crippen LogP contribution in [0.3, 0.4) is 0 Å². The van der Waals surface area contributed by atoms with Gasteiger partial charge in [-0.1, -0.05) is 23.7 Å². The maximum atomic E-state index is 12.4. The van der Waals surface area contributed by atoms with E-state index in [-0.39, 0.29) is 24.1 Å². The maximum Gasteiger partial charge on any atom is 0.410 e. The summed E-state index contributed by atoms with van der Waals surface area (Å²) in [6, 6.07) is 7.42. The van der Waals surface area contributed by atoms with Crippen molar-refractivity contribution in [1.82, 2.24) is 15.5 Å². The van der Waals surface area contributed by atoms with Crippen molar-refractivity contribution in [2.45, 2.75) is 64.6 Å². The molecule has 156 valence electrons. The van der Waals surface area contributed by atoms with Crippen LogP contribution >= 0.6 is 11.6 Å². The van der Waals surface area contributed by atoms with Gasteiger partial charge >= 0.3 is 6.09 Å². The lowest BCUT2D eigenvalue weighted by atomic mass is 10.1. The van der Waals surface area contributed by atoms with Crippen LogP contribution in [0, 0.1) is 0 Å². The lowest BCUT2D eigenvalue weighted by molar-refractivity contribution is 0.0214. The van der Waals surface area contributed by atoms with Crippen molar-refractivity contribution in [3.05, 3.63) is 34.9 Å². The molecule has 1 heterocycles. The van der Waals surface area contributed by atoms with Crippen molar-refractivity contribution in [3.8, 4) is 0 Å². The molecular weight excluding hydrogens is 378 g/mol. The number of ether oxygens (including phenoxy) is 1. The molecule has 0 unspecified atom stereocenters. The fourth-order valence-electron chi connectivity index (χ4n) is 3.37. The monoisotopic (exact) mass is 409 g/mol. The SMILES string of the molecule is C[C@H](C[C@@H]1CCCN1C(=O)OC(C)(C)C)NCCNC(=O)c1ccccc1Cl. The molecule has 7 heteroatoms. The van der Waals surface area contributed by atoms with Crippen LogP contribution in [0.1, 0.15) is 57.3 Å². The Morgan fingerprint density at radius 3 is 2.68 bits per heavy atom. The highest BCUT2D eigenvalue weighted by Crippen LogP contribution is 2.24. The van der Waals surface area contributed by atoms with E-state index in [1.54, 1.807) is 24.3 Å². The number of carbonyl (C=O) groups is 2. The minimum atomic E-state index is -0.478. The Labute approximate surface area is 172 Å². The highest BCUT2D eigenvalue weighted by molar-refractivity contribution is 6.33. The van der Waals surface area contributed by atoms with Crippen LogP contribution in [0.5, 0.6) is 0 Å². The predicted octanol–water partition coefficient (Wildman–Crippen LogP) is 3.84. The average molecular weight is 410 g/mol. The third-order valence-electron chi connectivity index (χ3n) is 4.65. The molecule has 1 aromatic rings. The van der Waals surface area contributed by atoms with E-state index in [4.69, 9.17) is 16.3 Å². The van der Waals surface area contributed by atoms with Gasteiger partial charge in [-0.2, -0.15) is 0 Å². The van der Waals surface area contributed by atoms with Crippen LogP contribution in [0.15, 0.2) is 24.3 Å². The van der Waals surface area contributed by atoms with Gasteiger partial charge in [0.15, 0.2) is 0 Å². The summed E-state index contributed by atoms with van der Waals surface area (Å²) in [4.78, 5) is 26.4. The summed E-state index contributed by atoms with van der Waals surface area (Å²) >= 11 is 6.04. The number of nitrogens with one attached hydrogen (secondary N) is 2. The first-order chi connectivity index (χ1) is 13.2. The van der Waals surface area contributed by atoms with Crippen LogP contribution in [-0.4, -0.2) is 54.2 Å². The number of amides is 2. The highest BCUT2D eigenvalue weighted by atomic mass is 35.5. The van der Waals surface area contributed by atoms with Gasteiger partial charge in [-0.05, 0) is 59.1 Å². The van der Waals surface area contributed by atoms with Gasteiger partial charge in [-0.3, -0.25) is 4.79 Å². The second kappa shape index (κ2) is 10.1. The summed E-state index contributed by atoms with van der Waals surface area (Å²) < 4.78 is 5.52. The summed E-state index contributed by atoms with van der Waals surface area (Å²) in [5, 5.41) is 6.73. The Kier molecular flexibility index (Phi) is 8.13. The molecule has 0 radical (unpaired) electrons. The normalized spacial score (nSPS) is 18.0. The summed E-state index contributed by atoms with van der Waals surface area (Å²) in [6.07, 6.45) is 2.63. The minimum Gasteiger partial charge on any atom is -0.444 e. The molecule has 6 nitrogen and oxygen atoms in total. The largest absolute Gasteiger partial charge is 0.444 e. The Morgan fingerprint density at radius 1 is 1.29 bits per heavy atom. The molecule has 0 saturated carbocycles. The van der Waals surface area contributed by atoms with E-state index in [1.165, 1.54) is 0 Å². The van der Waals surface area contributed by atoms with Crippen LogP contribution in [0.25, 0.3) is 0 Å². The van der Waals surface area contributed by atoms with Crippen LogP contribution in [0.2, 0.25) is 5.02 Å². The molecule has 28 heavy (non-hydrogen) atoms. The molecule has 2 N–H and O–H groups in total. The third kappa shape index (κ3) is 6.99. The number of rotatable bonds is 7. The first kappa shape index (κ1) is 22.5. The predicted molar refractivity (Wildman–Crippen MR) is 112 cm³/mol. The van der Waals surface area contributed by atoms with Crippen molar-refractivity contribution in [2.75, 3.05) is 19.6 Å². The van der Waals surface area contributed by atoms with Gasteiger partial charge in [0.05, 0.1) is 10.6 Å². The number of likely N-dealkylation sites (tertiary alicyclic amines) is 1. The molecule has 0 aliphatic carbocycles. The van der Waals surface area contributed by atoms with Crippen molar-refractivity contribution >= 4 is 23.6 Å². The molecule has 0 aromatic heterocycles. The zero-order valence-electron chi connectivity index (χ0n) is 17.3. The van der Waals surface area contributed by atoms with Gasteiger partial charge in [0.2, 0.25) is 0 Å². The number of carbonyl (C=O) groups excluding carboxylic acids is 2. The van der Waals surface area contributed by atoms with Crippen molar-refractivity contribution < 1.29 is 14.3 Å². The topological polar surface area (TPSA) is 70.7 Å². The fourth-order valence-corrected chi connectivity index (χ4v) is 3.59. The lowest BCUT2D eigenvalue weighted by Crippen LogP contribution is -2.43. The van der Waals surface area contributed by atoms with E-state index < -0.39 is 5.60 Å². The van der Waals surface area contributed by atoms with Crippen LogP contribution < -0.4 is 10.6 Å². The summed E-state index contributed by atoms with van der Waals surface area (Å²) in [5.74, 6) is -0.174. The summed E-state index contributed by atoms with van der Waals surface area (Å²) in [5.41, 5.74) is 0.00434. The molecular formula is C21H32ClN3O3. The third-order valence-corrected chi connectivity index (χ3v) is 4.98. The second-order valence-corrected chi connectivity index (χ2v) is 8.70. The van der Waals surface area contributed by atoms with E-state index in [9.17, 15) is 9.59 Å². The number of nitrogens with zero attached hydrogens (tertiary/aromatic N) is 1. The molecule has 2 amide bonds.